The summed E-state index contributed by atoms with van der Waals surface area (Å²) in [6, 6.07) is 0. The number of ether oxygens (including phenoxy) is 2. The van der Waals surface area contributed by atoms with Gasteiger partial charge in [-0.3, -0.25) is 0 Å². The summed E-state index contributed by atoms with van der Waals surface area (Å²) < 4.78 is 12.6. The number of fused-ring (bicyclic) bond motifs is 6. The molecule has 1 N–H and O–H groups in total. The van der Waals surface area contributed by atoms with E-state index >= 15 is 0 Å². The number of aliphatic hydroxyl groups is 1. The highest BCUT2D eigenvalue weighted by Gasteiger charge is 2.68. The molecule has 148 valence electrons. The van der Waals surface area contributed by atoms with Crippen molar-refractivity contribution in [3.63, 3.8) is 0 Å². The zero-order valence-electron chi connectivity index (χ0n) is 17.2. The van der Waals surface area contributed by atoms with E-state index in [1.807, 2.05) is 0 Å². The molecule has 1 heterocycles. The van der Waals surface area contributed by atoms with Crippen LogP contribution in [-0.4, -0.2) is 29.7 Å². The molecule has 4 saturated carbocycles. The minimum Gasteiger partial charge on any atom is -0.390 e. The molecule has 4 aliphatic carbocycles. The smallest absolute Gasteiger partial charge is 0.174 e. The van der Waals surface area contributed by atoms with E-state index in [-0.39, 0.29) is 11.2 Å². The summed E-state index contributed by atoms with van der Waals surface area (Å²) in [5.41, 5.74) is 0.171. The molecule has 5 rings (SSSR count). The van der Waals surface area contributed by atoms with Crippen LogP contribution < -0.4 is 0 Å². The molecule has 1 aliphatic heterocycles. The Hall–Kier alpha value is -0.120. The van der Waals surface area contributed by atoms with Crippen LogP contribution in [0.2, 0.25) is 0 Å². The van der Waals surface area contributed by atoms with Crippen LogP contribution >= 0.6 is 0 Å². The Morgan fingerprint density at radius 2 is 1.54 bits per heavy atom. The van der Waals surface area contributed by atoms with E-state index in [0.717, 1.165) is 56.1 Å². The third-order valence-electron chi connectivity index (χ3n) is 10.1. The Kier molecular flexibility index (Phi) is 3.78. The van der Waals surface area contributed by atoms with Crippen LogP contribution in [0.3, 0.4) is 0 Å². The molecule has 5 fully saturated rings. The lowest BCUT2D eigenvalue weighted by atomic mass is 9.42. The van der Waals surface area contributed by atoms with E-state index < -0.39 is 5.60 Å². The lowest BCUT2D eigenvalue weighted by Crippen LogP contribution is -2.59. The van der Waals surface area contributed by atoms with Crippen molar-refractivity contribution in [2.75, 3.05) is 13.2 Å². The summed E-state index contributed by atoms with van der Waals surface area (Å²) in [6.07, 6.45) is 9.50. The minimum absolute atomic E-state index is 0.202. The average molecular weight is 363 g/mol. The van der Waals surface area contributed by atoms with Crippen molar-refractivity contribution in [1.29, 1.82) is 0 Å². The number of hydrogen-bond donors (Lipinski definition) is 1. The maximum absolute atomic E-state index is 10.7. The maximum atomic E-state index is 10.7. The molecule has 8 unspecified atom stereocenters. The van der Waals surface area contributed by atoms with Gasteiger partial charge in [-0.15, -0.1) is 0 Å². The lowest BCUT2D eigenvalue weighted by molar-refractivity contribution is -0.251. The first-order chi connectivity index (χ1) is 12.2. The van der Waals surface area contributed by atoms with Crippen LogP contribution in [-0.2, 0) is 9.47 Å². The first-order valence-corrected chi connectivity index (χ1v) is 11.2. The van der Waals surface area contributed by atoms with E-state index in [2.05, 4.69) is 27.7 Å². The number of rotatable bonds is 0. The monoisotopic (exact) mass is 362 g/mol. The summed E-state index contributed by atoms with van der Waals surface area (Å²) in [6.45, 7) is 11.2. The van der Waals surface area contributed by atoms with Gasteiger partial charge in [0, 0.05) is 11.8 Å². The van der Waals surface area contributed by atoms with Gasteiger partial charge in [0.25, 0.3) is 0 Å². The van der Waals surface area contributed by atoms with Crippen molar-refractivity contribution in [3.8, 4) is 0 Å². The summed E-state index contributed by atoms with van der Waals surface area (Å²) in [4.78, 5) is 0. The zero-order chi connectivity index (χ0) is 18.4. The molecule has 1 spiro atoms. The second kappa shape index (κ2) is 5.48. The third-order valence-corrected chi connectivity index (χ3v) is 10.1. The van der Waals surface area contributed by atoms with Gasteiger partial charge in [0.1, 0.15) is 0 Å². The first kappa shape index (κ1) is 17.9. The molecular weight excluding hydrogens is 324 g/mol. The van der Waals surface area contributed by atoms with Crippen molar-refractivity contribution in [2.24, 2.45) is 40.4 Å². The summed E-state index contributed by atoms with van der Waals surface area (Å²) in [5, 5.41) is 10.7. The van der Waals surface area contributed by atoms with Crippen LogP contribution in [0.15, 0.2) is 0 Å². The maximum Gasteiger partial charge on any atom is 0.174 e. The highest BCUT2D eigenvalue weighted by molar-refractivity contribution is 5.14. The predicted octanol–water partition coefficient (Wildman–Crippen LogP) is 4.77. The second-order valence-electron chi connectivity index (χ2n) is 11.3. The summed E-state index contributed by atoms with van der Waals surface area (Å²) in [7, 11) is 0. The normalized spacial score (nSPS) is 58.3. The molecule has 1 saturated heterocycles. The van der Waals surface area contributed by atoms with E-state index in [9.17, 15) is 5.11 Å². The van der Waals surface area contributed by atoms with Gasteiger partial charge in [-0.25, -0.2) is 0 Å². The predicted molar refractivity (Wildman–Crippen MR) is 102 cm³/mol. The van der Waals surface area contributed by atoms with E-state index in [1.54, 1.807) is 0 Å². The zero-order valence-corrected chi connectivity index (χ0v) is 17.2. The molecule has 0 radical (unpaired) electrons. The van der Waals surface area contributed by atoms with E-state index in [1.165, 1.54) is 32.1 Å². The molecule has 5 aliphatic rings. The van der Waals surface area contributed by atoms with Gasteiger partial charge in [-0.05, 0) is 86.9 Å². The molecule has 0 aromatic carbocycles. The first-order valence-electron chi connectivity index (χ1n) is 11.2. The third kappa shape index (κ3) is 2.17. The fraction of sp³-hybridized carbons (Fsp3) is 1.00. The van der Waals surface area contributed by atoms with Crippen LogP contribution in [0.4, 0.5) is 0 Å². The lowest BCUT2D eigenvalue weighted by Gasteiger charge is -2.64. The quantitative estimate of drug-likeness (QED) is 0.675. The van der Waals surface area contributed by atoms with Gasteiger partial charge in [0.15, 0.2) is 5.79 Å². The number of hydrogen-bond acceptors (Lipinski definition) is 3. The Morgan fingerprint density at radius 3 is 2.27 bits per heavy atom. The highest BCUT2D eigenvalue weighted by atomic mass is 16.7. The van der Waals surface area contributed by atoms with Crippen molar-refractivity contribution in [2.45, 2.75) is 90.4 Å². The van der Waals surface area contributed by atoms with Gasteiger partial charge in [-0.1, -0.05) is 20.8 Å². The average Bonchev–Trinajstić information content (AvgIpc) is 3.17. The summed E-state index contributed by atoms with van der Waals surface area (Å²) in [5.74, 6) is 3.53. The molecule has 3 nitrogen and oxygen atoms in total. The molecule has 3 heteroatoms. The fourth-order valence-corrected chi connectivity index (χ4v) is 8.76. The van der Waals surface area contributed by atoms with Gasteiger partial charge in [0.2, 0.25) is 0 Å². The minimum atomic E-state index is -0.447. The Balaban J connectivity index is 1.47. The van der Waals surface area contributed by atoms with Crippen LogP contribution in [0, 0.1) is 40.4 Å². The van der Waals surface area contributed by atoms with Crippen molar-refractivity contribution < 1.29 is 14.6 Å². The van der Waals surface area contributed by atoms with Crippen molar-refractivity contribution >= 4 is 0 Å². The fourth-order valence-electron chi connectivity index (χ4n) is 8.76. The van der Waals surface area contributed by atoms with Gasteiger partial charge >= 0.3 is 0 Å². The Morgan fingerprint density at radius 1 is 0.846 bits per heavy atom. The topological polar surface area (TPSA) is 38.7 Å². The molecule has 0 aromatic rings. The van der Waals surface area contributed by atoms with E-state index in [0.29, 0.717) is 11.3 Å². The summed E-state index contributed by atoms with van der Waals surface area (Å²) >= 11 is 0. The van der Waals surface area contributed by atoms with Crippen molar-refractivity contribution in [3.05, 3.63) is 0 Å². The SMILES string of the molecule is CC1CC2C(CCC3(C)C2CCC32OCCO2)C2(C)CCC(C)(O)CC12. The van der Waals surface area contributed by atoms with E-state index in [4.69, 9.17) is 9.47 Å². The van der Waals surface area contributed by atoms with Gasteiger partial charge < -0.3 is 14.6 Å². The Labute approximate surface area is 159 Å². The van der Waals surface area contributed by atoms with Gasteiger partial charge in [-0.2, -0.15) is 0 Å². The largest absolute Gasteiger partial charge is 0.390 e. The van der Waals surface area contributed by atoms with Crippen LogP contribution in [0.25, 0.3) is 0 Å². The molecule has 0 bridgehead atoms. The molecule has 0 amide bonds. The molecule has 8 atom stereocenters. The van der Waals surface area contributed by atoms with Gasteiger partial charge in [0.05, 0.1) is 18.8 Å². The van der Waals surface area contributed by atoms with Crippen LogP contribution in [0.1, 0.15) is 79.1 Å². The Bertz CT molecular complexity index is 580. The standard InChI is InChI=1S/C23H38O3/c1-15-13-16-17(21(3)10-9-20(2,24)14-19(15)21)5-7-22(4)18(16)6-8-23(22)25-11-12-26-23/h15-19,24H,5-14H2,1-4H3. The second-order valence-corrected chi connectivity index (χ2v) is 11.3. The van der Waals surface area contributed by atoms with Crippen molar-refractivity contribution in [1.82, 2.24) is 0 Å². The molecule has 0 aromatic heterocycles. The molecular formula is C23H38O3. The molecule has 26 heavy (non-hydrogen) atoms. The highest BCUT2D eigenvalue weighted by Crippen LogP contribution is 2.70. The van der Waals surface area contributed by atoms with Crippen LogP contribution in [0.5, 0.6) is 0 Å².